The smallest absolute Gasteiger partial charge is 0.251 e. The number of nitrogens with one attached hydrogen (secondary N) is 1. The van der Waals surface area contributed by atoms with Crippen molar-refractivity contribution in [1.29, 1.82) is 0 Å². The minimum absolute atomic E-state index is 0.115. The minimum atomic E-state index is 0.115. The van der Waals surface area contributed by atoms with Gasteiger partial charge in [0.05, 0.1) is 0 Å². The van der Waals surface area contributed by atoms with E-state index in [1.807, 2.05) is 12.1 Å². The van der Waals surface area contributed by atoms with Crippen molar-refractivity contribution in [3.63, 3.8) is 0 Å². The summed E-state index contributed by atoms with van der Waals surface area (Å²) in [6, 6.07) is 15.0. The number of likely N-dealkylation sites (tertiary alicyclic amines) is 1. The number of hydrogen-bond acceptors (Lipinski definition) is 2. The topological polar surface area (TPSA) is 36.1 Å². The van der Waals surface area contributed by atoms with E-state index in [4.69, 9.17) is 11.6 Å². The summed E-state index contributed by atoms with van der Waals surface area (Å²) in [5, 5.41) is 2.07. The van der Waals surface area contributed by atoms with Crippen molar-refractivity contribution < 1.29 is 0 Å². The largest absolute Gasteiger partial charge is 0.322 e. The second-order valence-corrected chi connectivity index (χ2v) is 9.04. The number of benzene rings is 2. The summed E-state index contributed by atoms with van der Waals surface area (Å²) in [6.45, 7) is 3.22. The molecule has 1 fully saturated rings. The summed E-state index contributed by atoms with van der Waals surface area (Å²) in [6.07, 6.45) is 6.66. The lowest BCUT2D eigenvalue weighted by atomic mass is 9.88. The van der Waals surface area contributed by atoms with Gasteiger partial charge in [0.25, 0.3) is 5.56 Å². The van der Waals surface area contributed by atoms with Gasteiger partial charge >= 0.3 is 0 Å². The molecule has 0 saturated carbocycles. The Labute approximate surface area is 176 Å². The van der Waals surface area contributed by atoms with E-state index in [2.05, 4.69) is 40.2 Å². The highest BCUT2D eigenvalue weighted by Crippen LogP contribution is 2.30. The third-order valence-electron chi connectivity index (χ3n) is 6.73. The third kappa shape index (κ3) is 3.86. The van der Waals surface area contributed by atoms with Crippen molar-refractivity contribution >= 4 is 22.5 Å². The van der Waals surface area contributed by atoms with Gasteiger partial charge in [-0.2, -0.15) is 0 Å². The molecule has 29 heavy (non-hydrogen) atoms. The molecule has 0 spiro atoms. The van der Waals surface area contributed by atoms with Gasteiger partial charge in [0.1, 0.15) is 0 Å². The molecular weight excluding hydrogens is 380 g/mol. The van der Waals surface area contributed by atoms with E-state index in [0.29, 0.717) is 5.92 Å². The Morgan fingerprint density at radius 1 is 0.966 bits per heavy atom. The van der Waals surface area contributed by atoms with Crippen LogP contribution in [-0.2, 0) is 19.4 Å². The van der Waals surface area contributed by atoms with E-state index in [-0.39, 0.29) is 5.56 Å². The van der Waals surface area contributed by atoms with Gasteiger partial charge in [-0.25, -0.2) is 0 Å². The van der Waals surface area contributed by atoms with Gasteiger partial charge in [-0.15, -0.1) is 0 Å². The number of pyridine rings is 1. The molecule has 150 valence electrons. The first-order valence-electron chi connectivity index (χ1n) is 10.8. The molecule has 2 aliphatic rings. The maximum absolute atomic E-state index is 12.4. The summed E-state index contributed by atoms with van der Waals surface area (Å²) >= 11 is 6.03. The molecule has 0 atom stereocenters. The first-order valence-corrected chi connectivity index (χ1v) is 11.2. The second-order valence-electron chi connectivity index (χ2n) is 8.60. The molecule has 0 radical (unpaired) electrons. The van der Waals surface area contributed by atoms with Gasteiger partial charge in [0.15, 0.2) is 0 Å². The molecule has 4 heteroatoms. The molecule has 3 aromatic rings. The zero-order valence-corrected chi connectivity index (χ0v) is 17.5. The maximum atomic E-state index is 12.4. The number of nitrogens with zero attached hydrogens (tertiary/aromatic N) is 1. The number of aromatic nitrogens is 1. The molecule has 1 aliphatic heterocycles. The predicted molar refractivity (Wildman–Crippen MR) is 120 cm³/mol. The maximum Gasteiger partial charge on any atom is 0.251 e. The Kier molecular flexibility index (Phi) is 5.19. The lowest BCUT2D eigenvalue weighted by Gasteiger charge is -2.32. The second kappa shape index (κ2) is 7.97. The molecule has 0 bridgehead atoms. The molecule has 2 heterocycles. The fourth-order valence-electron chi connectivity index (χ4n) is 5.12. The summed E-state index contributed by atoms with van der Waals surface area (Å²) < 4.78 is 0. The quantitative estimate of drug-likeness (QED) is 0.628. The molecule has 0 amide bonds. The monoisotopic (exact) mass is 406 g/mol. The molecular formula is C25H27ClN2O. The molecule has 5 rings (SSSR count). The number of rotatable bonds is 3. The Morgan fingerprint density at radius 3 is 2.45 bits per heavy atom. The lowest BCUT2D eigenvalue weighted by Crippen LogP contribution is -2.32. The zero-order valence-electron chi connectivity index (χ0n) is 16.7. The average molecular weight is 407 g/mol. The number of aromatic amines is 1. The van der Waals surface area contributed by atoms with Crippen LogP contribution in [0.25, 0.3) is 10.9 Å². The van der Waals surface area contributed by atoms with Crippen molar-refractivity contribution in [2.45, 2.75) is 51.0 Å². The van der Waals surface area contributed by atoms with Gasteiger partial charge in [-0.1, -0.05) is 29.8 Å². The van der Waals surface area contributed by atoms with E-state index >= 15 is 0 Å². The van der Waals surface area contributed by atoms with Crippen LogP contribution in [0.4, 0.5) is 0 Å². The van der Waals surface area contributed by atoms with Crippen LogP contribution in [0.3, 0.4) is 0 Å². The first kappa shape index (κ1) is 18.9. The van der Waals surface area contributed by atoms with Crippen molar-refractivity contribution in [3.05, 3.63) is 80.1 Å². The van der Waals surface area contributed by atoms with Crippen LogP contribution >= 0.6 is 11.6 Å². The first-order chi connectivity index (χ1) is 14.2. The van der Waals surface area contributed by atoms with E-state index in [0.717, 1.165) is 55.0 Å². The average Bonchev–Trinajstić information content (AvgIpc) is 2.76. The van der Waals surface area contributed by atoms with Crippen LogP contribution in [0.5, 0.6) is 0 Å². The van der Waals surface area contributed by atoms with Crippen LogP contribution in [0, 0.1) is 0 Å². The SMILES string of the molecule is O=c1[nH]c2ccc(CN3CCC(c4ccc(Cl)cc4)CC3)cc2c2c1CCCC2. The predicted octanol–water partition coefficient (Wildman–Crippen LogP) is 5.44. The molecule has 1 N–H and O–H groups in total. The Morgan fingerprint density at radius 2 is 1.69 bits per heavy atom. The number of aryl methyl sites for hydroxylation is 1. The van der Waals surface area contributed by atoms with E-state index < -0.39 is 0 Å². The van der Waals surface area contributed by atoms with Crippen molar-refractivity contribution in [1.82, 2.24) is 9.88 Å². The minimum Gasteiger partial charge on any atom is -0.322 e. The van der Waals surface area contributed by atoms with Crippen LogP contribution in [0.15, 0.2) is 47.3 Å². The van der Waals surface area contributed by atoms with Crippen LogP contribution in [0.1, 0.15) is 53.9 Å². The fraction of sp³-hybridized carbons (Fsp3) is 0.400. The number of fused-ring (bicyclic) bond motifs is 3. The van der Waals surface area contributed by atoms with Crippen molar-refractivity contribution in [3.8, 4) is 0 Å². The van der Waals surface area contributed by atoms with E-state index in [9.17, 15) is 4.79 Å². The number of H-pyrrole nitrogens is 1. The molecule has 1 saturated heterocycles. The van der Waals surface area contributed by atoms with Crippen LogP contribution in [0.2, 0.25) is 5.02 Å². The molecule has 0 unspecified atom stereocenters. The summed E-state index contributed by atoms with van der Waals surface area (Å²) in [5.74, 6) is 0.636. The molecule has 2 aromatic carbocycles. The summed E-state index contributed by atoms with van der Waals surface area (Å²) in [5.41, 5.74) is 6.17. The molecule has 1 aromatic heterocycles. The van der Waals surface area contributed by atoms with Gasteiger partial charge in [-0.3, -0.25) is 9.69 Å². The summed E-state index contributed by atoms with van der Waals surface area (Å²) in [4.78, 5) is 18.0. The molecule has 3 nitrogen and oxygen atoms in total. The highest BCUT2D eigenvalue weighted by Gasteiger charge is 2.21. The fourth-order valence-corrected chi connectivity index (χ4v) is 5.24. The highest BCUT2D eigenvalue weighted by atomic mass is 35.5. The number of hydrogen-bond donors (Lipinski definition) is 1. The van der Waals surface area contributed by atoms with Gasteiger partial charge in [0, 0.05) is 28.0 Å². The van der Waals surface area contributed by atoms with Crippen LogP contribution in [-0.4, -0.2) is 23.0 Å². The van der Waals surface area contributed by atoms with Gasteiger partial charge < -0.3 is 4.98 Å². The highest BCUT2D eigenvalue weighted by molar-refractivity contribution is 6.30. The van der Waals surface area contributed by atoms with E-state index in [1.54, 1.807) is 0 Å². The lowest BCUT2D eigenvalue weighted by molar-refractivity contribution is 0.205. The van der Waals surface area contributed by atoms with Crippen LogP contribution < -0.4 is 5.56 Å². The molecule has 1 aliphatic carbocycles. The van der Waals surface area contributed by atoms with Gasteiger partial charge in [0.2, 0.25) is 0 Å². The Balaban J connectivity index is 1.31. The zero-order chi connectivity index (χ0) is 19.8. The normalized spacial score (nSPS) is 18.1. The van der Waals surface area contributed by atoms with E-state index in [1.165, 1.54) is 41.3 Å². The third-order valence-corrected chi connectivity index (χ3v) is 6.99. The Hall–Kier alpha value is -2.10. The Bertz CT molecular complexity index is 1080. The number of halogens is 1. The summed E-state index contributed by atoms with van der Waals surface area (Å²) in [7, 11) is 0. The number of piperidine rings is 1. The standard InChI is InChI=1S/C25H27ClN2O/c26-20-8-6-18(7-9-20)19-11-13-28(14-12-19)16-17-5-10-24-23(15-17)21-3-1-2-4-22(21)25(29)27-24/h5-10,15,19H,1-4,11-14,16H2,(H,27,29). The van der Waals surface area contributed by atoms with Crippen molar-refractivity contribution in [2.24, 2.45) is 0 Å². The van der Waals surface area contributed by atoms with Crippen molar-refractivity contribution in [2.75, 3.05) is 13.1 Å². The van der Waals surface area contributed by atoms with Gasteiger partial charge in [-0.05, 0) is 98.5 Å².